The van der Waals surface area contributed by atoms with Gasteiger partial charge >= 0.3 is 0 Å². The average molecular weight is 281 g/mol. The molecule has 0 unspecified atom stereocenters. The lowest BCUT2D eigenvalue weighted by Crippen LogP contribution is -2.17. The fourth-order valence-electron chi connectivity index (χ4n) is 3.22. The fraction of sp³-hybridized carbons (Fsp3) is 0.368. The third kappa shape index (κ3) is 3.27. The third-order valence-electron chi connectivity index (χ3n) is 4.17. The molecule has 2 aromatic rings. The van der Waals surface area contributed by atoms with Crippen molar-refractivity contribution in [1.82, 2.24) is 0 Å². The second-order valence-corrected chi connectivity index (χ2v) is 6.14. The lowest BCUT2D eigenvalue weighted by Gasteiger charge is -2.22. The summed E-state index contributed by atoms with van der Waals surface area (Å²) in [5, 5.41) is 0. The number of rotatable bonds is 3. The molecule has 0 heterocycles. The molecule has 2 aromatic carbocycles. The van der Waals surface area contributed by atoms with Crippen LogP contribution in [0, 0.1) is 13.8 Å². The van der Waals surface area contributed by atoms with Crippen LogP contribution >= 0.6 is 0 Å². The van der Waals surface area contributed by atoms with Gasteiger partial charge in [0.05, 0.1) is 0 Å². The van der Waals surface area contributed by atoms with Crippen LogP contribution in [0.1, 0.15) is 46.7 Å². The third-order valence-corrected chi connectivity index (χ3v) is 4.17. The van der Waals surface area contributed by atoms with Crippen LogP contribution in [0.15, 0.2) is 36.4 Å². The Hall–Kier alpha value is -1.80. The molecule has 0 bridgehead atoms. The smallest absolute Gasteiger partial charge is 0.120 e. The van der Waals surface area contributed by atoms with Crippen molar-refractivity contribution in [2.24, 2.45) is 5.73 Å². The molecule has 0 spiro atoms. The SMILES string of the molecule is Cc1cc(C)cc(COc2ccc3c(c2)[C@@H](N)CCC3)c1. The molecule has 1 aliphatic rings. The van der Waals surface area contributed by atoms with E-state index in [4.69, 9.17) is 10.5 Å². The van der Waals surface area contributed by atoms with Gasteiger partial charge in [0.25, 0.3) is 0 Å². The molecule has 21 heavy (non-hydrogen) atoms. The Labute approximate surface area is 126 Å². The van der Waals surface area contributed by atoms with Crippen LogP contribution in [-0.2, 0) is 13.0 Å². The minimum Gasteiger partial charge on any atom is -0.489 e. The molecule has 0 radical (unpaired) electrons. The number of nitrogens with two attached hydrogens (primary N) is 1. The van der Waals surface area contributed by atoms with Gasteiger partial charge in [-0.05, 0) is 61.9 Å². The summed E-state index contributed by atoms with van der Waals surface area (Å²) >= 11 is 0. The van der Waals surface area contributed by atoms with E-state index in [2.05, 4.69) is 50.2 Å². The largest absolute Gasteiger partial charge is 0.489 e. The van der Waals surface area contributed by atoms with Crippen molar-refractivity contribution >= 4 is 0 Å². The molecule has 0 saturated carbocycles. The molecule has 0 aliphatic heterocycles. The first-order chi connectivity index (χ1) is 10.1. The average Bonchev–Trinajstić information content (AvgIpc) is 2.45. The fourth-order valence-corrected chi connectivity index (χ4v) is 3.22. The Balaban J connectivity index is 1.75. The Morgan fingerprint density at radius 1 is 1.10 bits per heavy atom. The number of ether oxygens (including phenoxy) is 1. The number of benzene rings is 2. The van der Waals surface area contributed by atoms with Crippen LogP contribution in [0.2, 0.25) is 0 Å². The molecule has 0 saturated heterocycles. The van der Waals surface area contributed by atoms with Gasteiger partial charge in [0.15, 0.2) is 0 Å². The predicted octanol–water partition coefficient (Wildman–Crippen LogP) is 4.22. The molecule has 2 heteroatoms. The molecular weight excluding hydrogens is 258 g/mol. The normalized spacial score (nSPS) is 17.4. The number of hydrogen-bond acceptors (Lipinski definition) is 2. The van der Waals surface area contributed by atoms with Crippen LogP contribution in [-0.4, -0.2) is 0 Å². The van der Waals surface area contributed by atoms with Crippen LogP contribution in [0.4, 0.5) is 0 Å². The molecule has 1 atom stereocenters. The van der Waals surface area contributed by atoms with Gasteiger partial charge in [0, 0.05) is 6.04 Å². The highest BCUT2D eigenvalue weighted by Gasteiger charge is 2.17. The first-order valence-corrected chi connectivity index (χ1v) is 7.70. The summed E-state index contributed by atoms with van der Waals surface area (Å²) in [6.45, 7) is 4.85. The summed E-state index contributed by atoms with van der Waals surface area (Å²) in [6.07, 6.45) is 3.41. The van der Waals surface area contributed by atoms with Gasteiger partial charge < -0.3 is 10.5 Å². The maximum absolute atomic E-state index is 6.21. The van der Waals surface area contributed by atoms with Crippen LogP contribution < -0.4 is 10.5 Å². The summed E-state index contributed by atoms with van der Waals surface area (Å²) in [7, 11) is 0. The van der Waals surface area contributed by atoms with E-state index in [-0.39, 0.29) is 6.04 Å². The maximum Gasteiger partial charge on any atom is 0.120 e. The molecule has 2 N–H and O–H groups in total. The zero-order valence-electron chi connectivity index (χ0n) is 12.9. The summed E-state index contributed by atoms with van der Waals surface area (Å²) in [6, 6.07) is 13.1. The second-order valence-electron chi connectivity index (χ2n) is 6.14. The lowest BCUT2D eigenvalue weighted by atomic mass is 9.88. The minimum absolute atomic E-state index is 0.165. The van der Waals surface area contributed by atoms with Crippen molar-refractivity contribution in [3.63, 3.8) is 0 Å². The molecule has 110 valence electrons. The Morgan fingerprint density at radius 3 is 2.62 bits per heavy atom. The molecule has 0 amide bonds. The van der Waals surface area contributed by atoms with E-state index >= 15 is 0 Å². The molecular formula is C19H23NO. The van der Waals surface area contributed by atoms with Gasteiger partial charge in [-0.25, -0.2) is 0 Å². The molecule has 3 rings (SSSR count). The van der Waals surface area contributed by atoms with E-state index in [9.17, 15) is 0 Å². The quantitative estimate of drug-likeness (QED) is 0.914. The lowest BCUT2D eigenvalue weighted by molar-refractivity contribution is 0.305. The van der Waals surface area contributed by atoms with Crippen molar-refractivity contribution in [1.29, 1.82) is 0 Å². The van der Waals surface area contributed by atoms with E-state index in [1.807, 2.05) is 0 Å². The molecule has 1 aliphatic carbocycles. The Morgan fingerprint density at radius 2 is 1.86 bits per heavy atom. The second kappa shape index (κ2) is 5.90. The highest BCUT2D eigenvalue weighted by atomic mass is 16.5. The van der Waals surface area contributed by atoms with Crippen molar-refractivity contribution in [3.8, 4) is 5.75 Å². The standard InChI is InChI=1S/C19H23NO/c1-13-8-14(2)10-15(9-13)12-21-17-7-6-16-4-3-5-19(20)18(16)11-17/h6-11,19H,3-5,12,20H2,1-2H3/t19-/m0/s1. The highest BCUT2D eigenvalue weighted by molar-refractivity contribution is 5.39. The Kier molecular flexibility index (Phi) is 3.98. The molecule has 2 nitrogen and oxygen atoms in total. The number of hydrogen-bond donors (Lipinski definition) is 1. The summed E-state index contributed by atoms with van der Waals surface area (Å²) in [5.41, 5.74) is 12.6. The van der Waals surface area contributed by atoms with E-state index in [1.54, 1.807) is 0 Å². The minimum atomic E-state index is 0.165. The molecule has 0 aromatic heterocycles. The summed E-state index contributed by atoms with van der Waals surface area (Å²) in [4.78, 5) is 0. The molecule has 0 fully saturated rings. The zero-order valence-corrected chi connectivity index (χ0v) is 12.9. The van der Waals surface area contributed by atoms with Crippen molar-refractivity contribution in [2.45, 2.75) is 45.8 Å². The highest BCUT2D eigenvalue weighted by Crippen LogP contribution is 2.31. The number of aryl methyl sites for hydroxylation is 3. The van der Waals surface area contributed by atoms with Crippen LogP contribution in [0.25, 0.3) is 0 Å². The van der Waals surface area contributed by atoms with Crippen molar-refractivity contribution < 1.29 is 4.74 Å². The van der Waals surface area contributed by atoms with Crippen molar-refractivity contribution in [3.05, 3.63) is 64.2 Å². The van der Waals surface area contributed by atoms with Gasteiger partial charge in [-0.2, -0.15) is 0 Å². The van der Waals surface area contributed by atoms with Crippen LogP contribution in [0.3, 0.4) is 0 Å². The van der Waals surface area contributed by atoms with E-state index in [1.165, 1.54) is 34.2 Å². The first kappa shape index (κ1) is 14.2. The monoisotopic (exact) mass is 281 g/mol. The van der Waals surface area contributed by atoms with Gasteiger partial charge in [-0.15, -0.1) is 0 Å². The van der Waals surface area contributed by atoms with Gasteiger partial charge in [-0.1, -0.05) is 35.4 Å². The van der Waals surface area contributed by atoms with Crippen LogP contribution in [0.5, 0.6) is 5.75 Å². The summed E-state index contributed by atoms with van der Waals surface area (Å²) < 4.78 is 5.96. The number of fused-ring (bicyclic) bond motifs is 1. The van der Waals surface area contributed by atoms with Gasteiger partial charge in [0.2, 0.25) is 0 Å². The predicted molar refractivity (Wildman–Crippen MR) is 86.6 cm³/mol. The maximum atomic E-state index is 6.21. The van der Waals surface area contributed by atoms with Crippen molar-refractivity contribution in [2.75, 3.05) is 0 Å². The first-order valence-electron chi connectivity index (χ1n) is 7.70. The Bertz CT molecular complexity index is 628. The van der Waals surface area contributed by atoms with E-state index in [0.717, 1.165) is 18.6 Å². The summed E-state index contributed by atoms with van der Waals surface area (Å²) in [5.74, 6) is 0.922. The van der Waals surface area contributed by atoms with Gasteiger partial charge in [0.1, 0.15) is 12.4 Å². The topological polar surface area (TPSA) is 35.2 Å². The van der Waals surface area contributed by atoms with E-state index in [0.29, 0.717) is 6.61 Å². The zero-order chi connectivity index (χ0) is 14.8. The van der Waals surface area contributed by atoms with E-state index < -0.39 is 0 Å². The van der Waals surface area contributed by atoms with Gasteiger partial charge in [-0.3, -0.25) is 0 Å².